The Bertz CT molecular complexity index is 947. The van der Waals surface area contributed by atoms with E-state index in [2.05, 4.69) is 99.3 Å². The maximum Gasteiger partial charge on any atom is 0.127 e. The van der Waals surface area contributed by atoms with Gasteiger partial charge in [-0.25, -0.2) is 0 Å². The first-order valence-corrected chi connectivity index (χ1v) is 11.3. The Kier molecular flexibility index (Phi) is 8.13. The van der Waals surface area contributed by atoms with Crippen LogP contribution < -0.4 is 9.47 Å². The molecule has 0 fully saturated rings. The van der Waals surface area contributed by atoms with Crippen LogP contribution in [0.15, 0.2) is 66.7 Å². The molecule has 3 rings (SSSR count). The second kappa shape index (κ2) is 11.0. The van der Waals surface area contributed by atoms with E-state index >= 15 is 0 Å². The highest BCUT2D eigenvalue weighted by molar-refractivity contribution is 5.77. The monoisotopic (exact) mass is 417 g/mol. The van der Waals surface area contributed by atoms with Crippen LogP contribution in [0, 0.1) is 6.92 Å². The van der Waals surface area contributed by atoms with Crippen molar-refractivity contribution in [3.8, 4) is 22.6 Å². The SMILES string of the molecule is CCN(CC)CCOc1ccc(-c2c(OC)ccc(C)c2C(C)c2ccccc2)cc1. The summed E-state index contributed by atoms with van der Waals surface area (Å²) in [5.74, 6) is 2.06. The lowest BCUT2D eigenvalue weighted by Crippen LogP contribution is -2.27. The minimum atomic E-state index is 0.260. The molecule has 0 aliphatic heterocycles. The summed E-state index contributed by atoms with van der Waals surface area (Å²) in [5, 5.41) is 0. The zero-order chi connectivity index (χ0) is 22.2. The smallest absolute Gasteiger partial charge is 0.127 e. The van der Waals surface area contributed by atoms with Gasteiger partial charge in [-0.15, -0.1) is 0 Å². The summed E-state index contributed by atoms with van der Waals surface area (Å²) in [6.07, 6.45) is 0. The third kappa shape index (κ3) is 5.48. The molecule has 0 bridgehead atoms. The van der Waals surface area contributed by atoms with Crippen LogP contribution in [0.2, 0.25) is 0 Å². The second-order valence-electron chi connectivity index (χ2n) is 7.91. The van der Waals surface area contributed by atoms with Crippen molar-refractivity contribution in [2.24, 2.45) is 0 Å². The molecule has 1 unspecified atom stereocenters. The Balaban J connectivity index is 1.90. The lowest BCUT2D eigenvalue weighted by molar-refractivity contribution is 0.223. The van der Waals surface area contributed by atoms with Gasteiger partial charge in [0.05, 0.1) is 7.11 Å². The van der Waals surface area contributed by atoms with Gasteiger partial charge in [0.15, 0.2) is 0 Å². The maximum atomic E-state index is 5.99. The molecule has 0 aliphatic carbocycles. The summed E-state index contributed by atoms with van der Waals surface area (Å²) in [5.41, 5.74) is 6.19. The van der Waals surface area contributed by atoms with E-state index in [1.807, 2.05) is 0 Å². The molecule has 0 radical (unpaired) electrons. The largest absolute Gasteiger partial charge is 0.496 e. The van der Waals surface area contributed by atoms with Gasteiger partial charge in [-0.2, -0.15) is 0 Å². The quantitative estimate of drug-likeness (QED) is 0.374. The molecule has 0 spiro atoms. The Hall–Kier alpha value is -2.78. The minimum Gasteiger partial charge on any atom is -0.496 e. The normalized spacial score (nSPS) is 12.1. The number of ether oxygens (including phenoxy) is 2. The fourth-order valence-electron chi connectivity index (χ4n) is 4.19. The van der Waals surface area contributed by atoms with E-state index in [4.69, 9.17) is 9.47 Å². The van der Waals surface area contributed by atoms with E-state index in [0.717, 1.165) is 42.3 Å². The molecule has 0 N–H and O–H groups in total. The Morgan fingerprint density at radius 2 is 1.55 bits per heavy atom. The Morgan fingerprint density at radius 3 is 2.16 bits per heavy atom. The molecule has 3 aromatic carbocycles. The first-order chi connectivity index (χ1) is 15.1. The van der Waals surface area contributed by atoms with Crippen LogP contribution in [0.5, 0.6) is 11.5 Å². The third-order valence-corrected chi connectivity index (χ3v) is 6.09. The summed E-state index contributed by atoms with van der Waals surface area (Å²) in [4.78, 5) is 2.36. The van der Waals surface area contributed by atoms with E-state index in [1.54, 1.807) is 7.11 Å². The fourth-order valence-corrected chi connectivity index (χ4v) is 4.19. The van der Waals surface area contributed by atoms with Gasteiger partial charge >= 0.3 is 0 Å². The molecule has 0 amide bonds. The van der Waals surface area contributed by atoms with Crippen molar-refractivity contribution in [3.05, 3.63) is 83.4 Å². The number of methoxy groups -OCH3 is 1. The van der Waals surface area contributed by atoms with E-state index in [0.29, 0.717) is 6.61 Å². The molecule has 0 heterocycles. The lowest BCUT2D eigenvalue weighted by atomic mass is 9.84. The number of nitrogens with zero attached hydrogens (tertiary/aromatic N) is 1. The third-order valence-electron chi connectivity index (χ3n) is 6.09. The average Bonchev–Trinajstić information content (AvgIpc) is 2.82. The van der Waals surface area contributed by atoms with Gasteiger partial charge in [0.25, 0.3) is 0 Å². The van der Waals surface area contributed by atoms with Gasteiger partial charge in [-0.3, -0.25) is 0 Å². The molecule has 0 saturated carbocycles. The van der Waals surface area contributed by atoms with Crippen molar-refractivity contribution in [1.29, 1.82) is 0 Å². The first-order valence-electron chi connectivity index (χ1n) is 11.3. The molecule has 3 heteroatoms. The number of likely N-dealkylation sites (N-methyl/N-ethyl adjacent to an activating group) is 1. The molecule has 0 saturated heterocycles. The molecular formula is C28H35NO2. The summed E-state index contributed by atoms with van der Waals surface area (Å²) in [6, 6.07) is 23.3. The second-order valence-corrected chi connectivity index (χ2v) is 7.91. The van der Waals surface area contributed by atoms with Crippen molar-refractivity contribution < 1.29 is 9.47 Å². The summed E-state index contributed by atoms with van der Waals surface area (Å²) >= 11 is 0. The van der Waals surface area contributed by atoms with Crippen molar-refractivity contribution in [2.75, 3.05) is 33.4 Å². The molecule has 1 atom stereocenters. The zero-order valence-corrected chi connectivity index (χ0v) is 19.5. The molecular weight excluding hydrogens is 382 g/mol. The maximum absolute atomic E-state index is 5.99. The number of rotatable bonds is 10. The van der Waals surface area contributed by atoms with Crippen LogP contribution >= 0.6 is 0 Å². The number of hydrogen-bond acceptors (Lipinski definition) is 3. The summed E-state index contributed by atoms with van der Waals surface area (Å²) in [7, 11) is 1.75. The highest BCUT2D eigenvalue weighted by Crippen LogP contribution is 2.41. The van der Waals surface area contributed by atoms with Gasteiger partial charge < -0.3 is 14.4 Å². The van der Waals surface area contributed by atoms with E-state index in [9.17, 15) is 0 Å². The van der Waals surface area contributed by atoms with E-state index in [-0.39, 0.29) is 5.92 Å². The van der Waals surface area contributed by atoms with Crippen LogP contribution in [-0.4, -0.2) is 38.3 Å². The zero-order valence-electron chi connectivity index (χ0n) is 19.5. The van der Waals surface area contributed by atoms with Crippen LogP contribution in [0.25, 0.3) is 11.1 Å². The number of benzene rings is 3. The highest BCUT2D eigenvalue weighted by atomic mass is 16.5. The van der Waals surface area contributed by atoms with Crippen molar-refractivity contribution in [3.63, 3.8) is 0 Å². The van der Waals surface area contributed by atoms with Gasteiger partial charge in [0.1, 0.15) is 18.1 Å². The molecule has 3 aromatic rings. The lowest BCUT2D eigenvalue weighted by Gasteiger charge is -2.22. The molecule has 31 heavy (non-hydrogen) atoms. The molecule has 0 aromatic heterocycles. The molecule has 0 aliphatic rings. The minimum absolute atomic E-state index is 0.260. The van der Waals surface area contributed by atoms with Crippen molar-refractivity contribution in [1.82, 2.24) is 4.90 Å². The molecule has 164 valence electrons. The predicted octanol–water partition coefficient (Wildman–Crippen LogP) is 6.54. The average molecular weight is 418 g/mol. The predicted molar refractivity (Wildman–Crippen MR) is 130 cm³/mol. The van der Waals surface area contributed by atoms with Crippen LogP contribution in [0.1, 0.15) is 43.4 Å². The van der Waals surface area contributed by atoms with Crippen LogP contribution in [0.4, 0.5) is 0 Å². The van der Waals surface area contributed by atoms with Gasteiger partial charge in [-0.05, 0) is 60.5 Å². The van der Waals surface area contributed by atoms with Gasteiger partial charge in [0, 0.05) is 18.0 Å². The Labute approximate surface area is 187 Å². The standard InChI is InChI=1S/C28H35NO2/c1-6-29(7-2)19-20-31-25-16-14-24(15-17-25)28-26(30-5)18-13-21(3)27(28)22(4)23-11-9-8-10-12-23/h8-18,22H,6-7,19-20H2,1-5H3. The van der Waals surface area contributed by atoms with E-state index in [1.165, 1.54) is 16.7 Å². The summed E-state index contributed by atoms with van der Waals surface area (Å²) < 4.78 is 11.8. The van der Waals surface area contributed by atoms with Crippen molar-refractivity contribution >= 4 is 0 Å². The topological polar surface area (TPSA) is 21.7 Å². The molecule has 3 nitrogen and oxygen atoms in total. The number of aryl methyl sites for hydroxylation is 1. The number of hydrogen-bond donors (Lipinski definition) is 0. The van der Waals surface area contributed by atoms with Crippen molar-refractivity contribution in [2.45, 2.75) is 33.6 Å². The Morgan fingerprint density at radius 1 is 0.871 bits per heavy atom. The highest BCUT2D eigenvalue weighted by Gasteiger charge is 2.20. The van der Waals surface area contributed by atoms with E-state index < -0.39 is 0 Å². The van der Waals surface area contributed by atoms with Crippen LogP contribution in [-0.2, 0) is 0 Å². The summed E-state index contributed by atoms with van der Waals surface area (Å²) in [6.45, 7) is 12.6. The van der Waals surface area contributed by atoms with Crippen LogP contribution in [0.3, 0.4) is 0 Å². The van der Waals surface area contributed by atoms with Gasteiger partial charge in [0.2, 0.25) is 0 Å². The first kappa shape index (κ1) is 22.9. The van der Waals surface area contributed by atoms with Gasteiger partial charge in [-0.1, -0.05) is 69.3 Å². The fraction of sp³-hybridized carbons (Fsp3) is 0.357.